The first-order valence-electron chi connectivity index (χ1n) is 5.02. The average molecular weight is 222 g/mol. The second-order valence-electron chi connectivity index (χ2n) is 3.47. The molecular formula is C11H14N2O3. The van der Waals surface area contributed by atoms with E-state index in [4.69, 9.17) is 0 Å². The highest BCUT2D eigenvalue weighted by atomic mass is 16.6. The summed E-state index contributed by atoms with van der Waals surface area (Å²) in [4.78, 5) is 23.4. The second kappa shape index (κ2) is 5.25. The first-order valence-corrected chi connectivity index (χ1v) is 5.02. The summed E-state index contributed by atoms with van der Waals surface area (Å²) < 4.78 is 0. The van der Waals surface area contributed by atoms with Crippen molar-refractivity contribution in [3.63, 3.8) is 0 Å². The summed E-state index contributed by atoms with van der Waals surface area (Å²) in [5, 5.41) is 10.7. The van der Waals surface area contributed by atoms with Crippen LogP contribution in [0.4, 0.5) is 5.69 Å². The number of hydrogen-bond donors (Lipinski definition) is 0. The van der Waals surface area contributed by atoms with Crippen molar-refractivity contribution in [3.8, 4) is 0 Å². The van der Waals surface area contributed by atoms with Crippen LogP contribution in [0.15, 0.2) is 24.3 Å². The third kappa shape index (κ3) is 2.79. The maximum atomic E-state index is 11.6. The fraction of sp³-hybridized carbons (Fsp3) is 0.364. The van der Waals surface area contributed by atoms with Crippen molar-refractivity contribution >= 4 is 11.6 Å². The molecule has 1 amide bonds. The molecule has 1 aromatic rings. The summed E-state index contributed by atoms with van der Waals surface area (Å²) >= 11 is 0. The number of benzene rings is 1. The molecule has 0 unspecified atom stereocenters. The van der Waals surface area contributed by atoms with Crippen molar-refractivity contribution in [3.05, 3.63) is 39.9 Å². The first-order chi connectivity index (χ1) is 7.56. The van der Waals surface area contributed by atoms with E-state index in [1.165, 1.54) is 11.0 Å². The predicted octanol–water partition coefficient (Wildman–Crippen LogP) is 1.62. The Morgan fingerprint density at radius 2 is 2.06 bits per heavy atom. The van der Waals surface area contributed by atoms with Gasteiger partial charge in [0.25, 0.3) is 5.69 Å². The van der Waals surface area contributed by atoms with Gasteiger partial charge in [-0.15, -0.1) is 0 Å². The van der Waals surface area contributed by atoms with Crippen molar-refractivity contribution in [2.75, 3.05) is 13.6 Å². The van der Waals surface area contributed by atoms with Crippen LogP contribution in [-0.2, 0) is 11.2 Å². The molecule has 0 spiro atoms. The summed E-state index contributed by atoms with van der Waals surface area (Å²) in [6.45, 7) is 2.46. The zero-order valence-corrected chi connectivity index (χ0v) is 9.34. The fourth-order valence-electron chi connectivity index (χ4n) is 1.31. The Balaban J connectivity index is 2.89. The number of rotatable bonds is 4. The molecule has 0 atom stereocenters. The minimum atomic E-state index is -0.464. The van der Waals surface area contributed by atoms with Gasteiger partial charge in [0.05, 0.1) is 11.3 Å². The lowest BCUT2D eigenvalue weighted by atomic mass is 10.1. The van der Waals surface area contributed by atoms with Crippen molar-refractivity contribution in [1.82, 2.24) is 4.90 Å². The molecule has 0 aromatic heterocycles. The van der Waals surface area contributed by atoms with Gasteiger partial charge in [-0.05, 0) is 6.92 Å². The van der Waals surface area contributed by atoms with Gasteiger partial charge in [-0.25, -0.2) is 0 Å². The Hall–Kier alpha value is -1.91. The SMILES string of the molecule is CCN(C)C(=O)Cc1ccccc1[N+](=O)[O-]. The molecule has 0 aliphatic heterocycles. The van der Waals surface area contributed by atoms with Crippen LogP contribution in [0.2, 0.25) is 0 Å². The van der Waals surface area contributed by atoms with E-state index in [1.54, 1.807) is 25.2 Å². The lowest BCUT2D eigenvalue weighted by Gasteiger charge is -2.14. The Kier molecular flexibility index (Phi) is 3.99. The molecule has 5 heteroatoms. The van der Waals surface area contributed by atoms with Crippen LogP contribution in [0.3, 0.4) is 0 Å². The van der Waals surface area contributed by atoms with Gasteiger partial charge < -0.3 is 4.90 Å². The van der Waals surface area contributed by atoms with E-state index < -0.39 is 4.92 Å². The van der Waals surface area contributed by atoms with Crippen LogP contribution < -0.4 is 0 Å². The zero-order valence-electron chi connectivity index (χ0n) is 9.34. The largest absolute Gasteiger partial charge is 0.346 e. The minimum Gasteiger partial charge on any atom is -0.346 e. The summed E-state index contributed by atoms with van der Waals surface area (Å²) in [6.07, 6.45) is 0.0709. The van der Waals surface area contributed by atoms with Crippen molar-refractivity contribution in [2.45, 2.75) is 13.3 Å². The molecule has 0 fully saturated rings. The van der Waals surface area contributed by atoms with Crippen molar-refractivity contribution in [1.29, 1.82) is 0 Å². The number of nitrogens with zero attached hydrogens (tertiary/aromatic N) is 2. The highest BCUT2D eigenvalue weighted by Crippen LogP contribution is 2.18. The maximum absolute atomic E-state index is 11.6. The summed E-state index contributed by atoms with van der Waals surface area (Å²) in [5.41, 5.74) is 0.457. The zero-order chi connectivity index (χ0) is 12.1. The van der Waals surface area contributed by atoms with E-state index in [1.807, 2.05) is 6.92 Å². The molecule has 5 nitrogen and oxygen atoms in total. The average Bonchev–Trinajstić information content (AvgIpc) is 2.28. The standard InChI is InChI=1S/C11H14N2O3/c1-3-12(2)11(14)8-9-6-4-5-7-10(9)13(15)16/h4-7H,3,8H2,1-2H3. The van der Waals surface area contributed by atoms with Crippen molar-refractivity contribution < 1.29 is 9.72 Å². The molecule has 0 aliphatic carbocycles. The molecule has 1 aromatic carbocycles. The summed E-state index contributed by atoms with van der Waals surface area (Å²) in [7, 11) is 1.68. The number of nitro benzene ring substituents is 1. The van der Waals surface area contributed by atoms with Crippen LogP contribution in [-0.4, -0.2) is 29.3 Å². The number of nitro groups is 1. The molecule has 16 heavy (non-hydrogen) atoms. The van der Waals surface area contributed by atoms with Crippen LogP contribution in [0.1, 0.15) is 12.5 Å². The molecule has 0 saturated heterocycles. The molecule has 0 heterocycles. The number of para-hydroxylation sites is 1. The monoisotopic (exact) mass is 222 g/mol. The van der Waals surface area contributed by atoms with Gasteiger partial charge in [-0.3, -0.25) is 14.9 Å². The van der Waals surface area contributed by atoms with Gasteiger partial charge in [-0.1, -0.05) is 18.2 Å². The van der Waals surface area contributed by atoms with E-state index in [0.29, 0.717) is 12.1 Å². The number of carbonyl (C=O) groups is 1. The number of carbonyl (C=O) groups excluding carboxylic acids is 1. The van der Waals surface area contributed by atoms with E-state index >= 15 is 0 Å². The van der Waals surface area contributed by atoms with E-state index in [0.717, 1.165) is 0 Å². The Bertz CT molecular complexity index is 404. The molecular weight excluding hydrogens is 208 g/mol. The maximum Gasteiger partial charge on any atom is 0.273 e. The Morgan fingerprint density at radius 3 is 2.62 bits per heavy atom. The van der Waals surface area contributed by atoms with E-state index in [-0.39, 0.29) is 18.0 Å². The van der Waals surface area contributed by atoms with Crippen LogP contribution in [0.25, 0.3) is 0 Å². The van der Waals surface area contributed by atoms with Gasteiger partial charge in [-0.2, -0.15) is 0 Å². The summed E-state index contributed by atoms with van der Waals surface area (Å²) in [5.74, 6) is -0.114. The Labute approximate surface area is 93.8 Å². The normalized spacial score (nSPS) is 9.88. The topological polar surface area (TPSA) is 63.5 Å². The summed E-state index contributed by atoms with van der Waals surface area (Å²) in [6, 6.07) is 6.31. The number of amides is 1. The van der Waals surface area contributed by atoms with Crippen LogP contribution >= 0.6 is 0 Å². The number of hydrogen-bond acceptors (Lipinski definition) is 3. The van der Waals surface area contributed by atoms with Gasteiger partial charge in [0.1, 0.15) is 0 Å². The fourth-order valence-corrected chi connectivity index (χ4v) is 1.31. The molecule has 0 bridgehead atoms. The van der Waals surface area contributed by atoms with Crippen LogP contribution in [0, 0.1) is 10.1 Å². The van der Waals surface area contributed by atoms with Gasteiger partial charge in [0.2, 0.25) is 5.91 Å². The second-order valence-corrected chi connectivity index (χ2v) is 3.47. The lowest BCUT2D eigenvalue weighted by Crippen LogP contribution is -2.27. The lowest BCUT2D eigenvalue weighted by molar-refractivity contribution is -0.385. The number of likely N-dealkylation sites (N-methyl/N-ethyl adjacent to an activating group) is 1. The minimum absolute atomic E-state index is 0.000327. The van der Waals surface area contributed by atoms with Crippen LogP contribution in [0.5, 0.6) is 0 Å². The van der Waals surface area contributed by atoms with E-state index in [9.17, 15) is 14.9 Å². The molecule has 0 radical (unpaired) electrons. The highest BCUT2D eigenvalue weighted by Gasteiger charge is 2.16. The molecule has 0 N–H and O–H groups in total. The molecule has 0 aliphatic rings. The molecule has 86 valence electrons. The quantitative estimate of drug-likeness (QED) is 0.574. The molecule has 1 rings (SSSR count). The van der Waals surface area contributed by atoms with E-state index in [2.05, 4.69) is 0 Å². The third-order valence-corrected chi connectivity index (χ3v) is 2.43. The predicted molar refractivity (Wildman–Crippen MR) is 60.1 cm³/mol. The van der Waals surface area contributed by atoms with Gasteiger partial charge >= 0.3 is 0 Å². The van der Waals surface area contributed by atoms with Gasteiger partial charge in [0.15, 0.2) is 0 Å². The first kappa shape index (κ1) is 12.2. The van der Waals surface area contributed by atoms with Crippen molar-refractivity contribution in [2.24, 2.45) is 0 Å². The smallest absolute Gasteiger partial charge is 0.273 e. The van der Waals surface area contributed by atoms with Gasteiger partial charge in [0, 0.05) is 25.2 Å². The molecule has 0 saturated carbocycles. The highest BCUT2D eigenvalue weighted by molar-refractivity contribution is 5.79. The Morgan fingerprint density at radius 1 is 1.44 bits per heavy atom. The third-order valence-electron chi connectivity index (χ3n) is 2.43.